The van der Waals surface area contributed by atoms with E-state index in [1.54, 1.807) is 0 Å². The summed E-state index contributed by atoms with van der Waals surface area (Å²) in [6.07, 6.45) is -3.45. The molecule has 2 atom stereocenters. The lowest BCUT2D eigenvalue weighted by molar-refractivity contribution is -0.132. The normalized spacial score (nSPS) is 13.7. The Morgan fingerprint density at radius 2 is 1.89 bits per heavy atom. The van der Waals surface area contributed by atoms with Crippen LogP contribution in [0.25, 0.3) is 0 Å². The number of primary amides is 2. The van der Waals surface area contributed by atoms with Gasteiger partial charge in [0.1, 0.15) is 11.9 Å². The quantitative estimate of drug-likeness (QED) is 0.516. The second-order valence-electron chi connectivity index (χ2n) is 3.61. The fourth-order valence-corrected chi connectivity index (χ4v) is 1.46. The van der Waals surface area contributed by atoms with E-state index in [0.717, 1.165) is 0 Å². The van der Waals surface area contributed by atoms with Crippen LogP contribution < -0.4 is 16.2 Å². The van der Waals surface area contributed by atoms with Gasteiger partial charge in [-0.1, -0.05) is 6.07 Å². The Kier molecular flexibility index (Phi) is 4.24. The number of aliphatic hydroxyl groups is 2. The number of hydrogen-bond acceptors (Lipinski definition) is 5. The summed E-state index contributed by atoms with van der Waals surface area (Å²) in [6.45, 7) is 0. The van der Waals surface area contributed by atoms with E-state index in [0.29, 0.717) is 5.75 Å². The van der Waals surface area contributed by atoms with Gasteiger partial charge in [-0.2, -0.15) is 0 Å². The van der Waals surface area contributed by atoms with Crippen molar-refractivity contribution in [3.63, 3.8) is 0 Å². The molecule has 2 unspecified atom stereocenters. The maximum absolute atomic E-state index is 11.2. The number of carbonyl (C=O) groups excluding carboxylic acids is 2. The fraction of sp³-hybridized carbons (Fsp3) is 0.273. The van der Waals surface area contributed by atoms with Gasteiger partial charge in [0, 0.05) is 5.56 Å². The average molecular weight is 254 g/mol. The Labute approximate surface area is 103 Å². The van der Waals surface area contributed by atoms with Crippen LogP contribution in [0.15, 0.2) is 18.2 Å². The van der Waals surface area contributed by atoms with Gasteiger partial charge in [0.05, 0.1) is 7.11 Å². The van der Waals surface area contributed by atoms with Gasteiger partial charge in [0.25, 0.3) is 0 Å². The minimum absolute atomic E-state index is 0.00889. The van der Waals surface area contributed by atoms with Crippen LogP contribution in [0, 0.1) is 0 Å². The highest BCUT2D eigenvalue weighted by molar-refractivity contribution is 5.95. The maximum atomic E-state index is 11.2. The second-order valence-corrected chi connectivity index (χ2v) is 3.61. The molecule has 98 valence electrons. The lowest BCUT2D eigenvalue weighted by atomic mass is 9.97. The first-order chi connectivity index (χ1) is 8.38. The number of hydrogen-bond donors (Lipinski definition) is 4. The molecule has 1 aromatic rings. The van der Waals surface area contributed by atoms with Crippen molar-refractivity contribution in [3.8, 4) is 5.75 Å². The number of amides is 2. The van der Waals surface area contributed by atoms with Crippen LogP contribution in [-0.2, 0) is 4.79 Å². The number of methoxy groups -OCH3 is 1. The van der Waals surface area contributed by atoms with E-state index in [4.69, 9.17) is 16.2 Å². The van der Waals surface area contributed by atoms with Gasteiger partial charge in [-0.05, 0) is 17.7 Å². The Morgan fingerprint density at radius 3 is 2.33 bits per heavy atom. The molecule has 7 heteroatoms. The number of aliphatic hydroxyl groups excluding tert-OH is 2. The number of ether oxygens (including phenoxy) is 1. The molecule has 0 aliphatic heterocycles. The molecule has 0 bridgehead atoms. The molecule has 0 spiro atoms. The molecule has 18 heavy (non-hydrogen) atoms. The van der Waals surface area contributed by atoms with Crippen LogP contribution in [-0.4, -0.2) is 35.2 Å². The Morgan fingerprint density at radius 1 is 1.28 bits per heavy atom. The van der Waals surface area contributed by atoms with Crippen molar-refractivity contribution in [2.75, 3.05) is 7.11 Å². The summed E-state index contributed by atoms with van der Waals surface area (Å²) in [5.41, 5.74) is 9.97. The van der Waals surface area contributed by atoms with E-state index >= 15 is 0 Å². The van der Waals surface area contributed by atoms with Crippen LogP contribution in [0.2, 0.25) is 0 Å². The predicted molar refractivity (Wildman–Crippen MR) is 61.7 cm³/mol. The monoisotopic (exact) mass is 254 g/mol. The molecule has 0 saturated heterocycles. The lowest BCUT2D eigenvalue weighted by Gasteiger charge is -2.18. The minimum Gasteiger partial charge on any atom is -0.497 e. The third kappa shape index (κ3) is 2.76. The summed E-state index contributed by atoms with van der Waals surface area (Å²) < 4.78 is 4.90. The molecule has 0 radical (unpaired) electrons. The van der Waals surface area contributed by atoms with Crippen molar-refractivity contribution in [2.45, 2.75) is 12.2 Å². The summed E-state index contributed by atoms with van der Waals surface area (Å²) in [6, 6.07) is 4.09. The predicted octanol–water partition coefficient (Wildman–Crippen LogP) is -1.33. The summed E-state index contributed by atoms with van der Waals surface area (Å²) in [7, 11) is 1.40. The van der Waals surface area contributed by atoms with E-state index in [1.807, 2.05) is 0 Å². The highest BCUT2D eigenvalue weighted by atomic mass is 16.5. The van der Waals surface area contributed by atoms with Crippen LogP contribution >= 0.6 is 0 Å². The van der Waals surface area contributed by atoms with E-state index in [-0.39, 0.29) is 11.1 Å². The molecular formula is C11H14N2O5. The molecule has 0 aliphatic rings. The zero-order valence-corrected chi connectivity index (χ0v) is 9.66. The highest BCUT2D eigenvalue weighted by Crippen LogP contribution is 2.25. The first kappa shape index (κ1) is 13.9. The smallest absolute Gasteiger partial charge is 0.249 e. The van der Waals surface area contributed by atoms with Gasteiger partial charge in [-0.3, -0.25) is 9.59 Å². The van der Waals surface area contributed by atoms with Crippen molar-refractivity contribution >= 4 is 11.8 Å². The fourth-order valence-electron chi connectivity index (χ4n) is 1.46. The summed E-state index contributed by atoms with van der Waals surface area (Å²) in [5, 5.41) is 19.1. The van der Waals surface area contributed by atoms with Crippen LogP contribution in [0.3, 0.4) is 0 Å². The molecular weight excluding hydrogens is 240 g/mol. The molecule has 6 N–H and O–H groups in total. The third-order valence-corrected chi connectivity index (χ3v) is 2.44. The standard InChI is InChI=1S/C11H14N2O5/c1-18-5-2-3-6(7(4-5)10(12)16)8(14)9(15)11(13)17/h2-4,8-9,14-15H,1H3,(H2,12,16)(H2,13,17). The molecule has 0 fully saturated rings. The molecule has 1 aromatic carbocycles. The Balaban J connectivity index is 3.23. The first-order valence-corrected chi connectivity index (χ1v) is 5.01. The van der Waals surface area contributed by atoms with E-state index in [2.05, 4.69) is 0 Å². The number of benzene rings is 1. The number of rotatable bonds is 5. The highest BCUT2D eigenvalue weighted by Gasteiger charge is 2.27. The van der Waals surface area contributed by atoms with Gasteiger partial charge in [-0.15, -0.1) is 0 Å². The second kappa shape index (κ2) is 5.48. The lowest BCUT2D eigenvalue weighted by Crippen LogP contribution is -2.34. The van der Waals surface area contributed by atoms with Crippen LogP contribution in [0.1, 0.15) is 22.0 Å². The van der Waals surface area contributed by atoms with Gasteiger partial charge >= 0.3 is 0 Å². The Hall–Kier alpha value is -2.12. The van der Waals surface area contributed by atoms with Crippen molar-refractivity contribution in [3.05, 3.63) is 29.3 Å². The van der Waals surface area contributed by atoms with Gasteiger partial charge in [0.15, 0.2) is 6.10 Å². The SMILES string of the molecule is COc1ccc(C(O)C(O)C(N)=O)c(C(N)=O)c1. The zero-order chi connectivity index (χ0) is 13.9. The van der Waals surface area contributed by atoms with E-state index in [9.17, 15) is 19.8 Å². The summed E-state index contributed by atoms with van der Waals surface area (Å²) >= 11 is 0. The van der Waals surface area contributed by atoms with Crippen LogP contribution in [0.5, 0.6) is 5.75 Å². The van der Waals surface area contributed by atoms with Gasteiger partial charge in [-0.25, -0.2) is 0 Å². The summed E-state index contributed by atoms with van der Waals surface area (Å²) in [5.74, 6) is -1.57. The van der Waals surface area contributed by atoms with Gasteiger partial charge in [0.2, 0.25) is 11.8 Å². The van der Waals surface area contributed by atoms with E-state index in [1.165, 1.54) is 25.3 Å². The van der Waals surface area contributed by atoms with Crippen molar-refractivity contribution in [2.24, 2.45) is 11.5 Å². The molecule has 0 saturated carbocycles. The Bertz CT molecular complexity index is 475. The molecule has 2 amide bonds. The molecule has 7 nitrogen and oxygen atoms in total. The first-order valence-electron chi connectivity index (χ1n) is 5.01. The van der Waals surface area contributed by atoms with E-state index < -0.39 is 24.0 Å². The van der Waals surface area contributed by atoms with Crippen molar-refractivity contribution in [1.82, 2.24) is 0 Å². The minimum atomic E-state index is -1.82. The summed E-state index contributed by atoms with van der Waals surface area (Å²) in [4.78, 5) is 22.0. The zero-order valence-electron chi connectivity index (χ0n) is 9.66. The number of nitrogens with two attached hydrogens (primary N) is 2. The maximum Gasteiger partial charge on any atom is 0.249 e. The van der Waals surface area contributed by atoms with Crippen molar-refractivity contribution in [1.29, 1.82) is 0 Å². The molecule has 0 heterocycles. The topological polar surface area (TPSA) is 136 Å². The van der Waals surface area contributed by atoms with Crippen LogP contribution in [0.4, 0.5) is 0 Å². The van der Waals surface area contributed by atoms with Crippen molar-refractivity contribution < 1.29 is 24.5 Å². The number of carbonyl (C=O) groups is 2. The largest absolute Gasteiger partial charge is 0.497 e. The third-order valence-electron chi connectivity index (χ3n) is 2.44. The molecule has 1 rings (SSSR count). The average Bonchev–Trinajstić information content (AvgIpc) is 2.35. The van der Waals surface area contributed by atoms with Gasteiger partial charge < -0.3 is 26.4 Å². The molecule has 0 aliphatic carbocycles. The molecule has 0 aromatic heterocycles.